The van der Waals surface area contributed by atoms with Crippen LogP contribution < -0.4 is 5.32 Å². The lowest BCUT2D eigenvalue weighted by atomic mass is 10.1. The summed E-state index contributed by atoms with van der Waals surface area (Å²) in [6.45, 7) is 4.46. The minimum Gasteiger partial charge on any atom is -0.356 e. The number of carbonyl (C=O) groups is 1. The molecule has 0 spiro atoms. The number of anilines is 1. The molecule has 1 saturated heterocycles. The molecule has 1 amide bonds. The smallest absolute Gasteiger partial charge is 0.258 e. The molecule has 0 saturated carbocycles. The van der Waals surface area contributed by atoms with Crippen molar-refractivity contribution >= 4 is 45.7 Å². The van der Waals surface area contributed by atoms with Crippen LogP contribution >= 0.6 is 23.2 Å². The van der Waals surface area contributed by atoms with Crippen molar-refractivity contribution < 1.29 is 9.53 Å². The highest BCUT2D eigenvalue weighted by molar-refractivity contribution is 6.35. The van der Waals surface area contributed by atoms with Crippen molar-refractivity contribution in [3.63, 3.8) is 0 Å². The summed E-state index contributed by atoms with van der Waals surface area (Å²) >= 11 is 12.1. The molecule has 0 bridgehead atoms. The number of carbonyl (C=O) groups excluding carboxylic acids is 1. The van der Waals surface area contributed by atoms with E-state index in [0.717, 1.165) is 42.3 Å². The van der Waals surface area contributed by atoms with Crippen molar-refractivity contribution in [3.05, 3.63) is 51.4 Å². The van der Waals surface area contributed by atoms with Crippen molar-refractivity contribution in [2.24, 2.45) is 0 Å². The van der Waals surface area contributed by atoms with Gasteiger partial charge in [0.05, 0.1) is 23.0 Å². The highest BCUT2D eigenvalue weighted by atomic mass is 35.5. The molecule has 0 radical (unpaired) electrons. The number of fused-ring (bicyclic) bond motifs is 1. The fourth-order valence-corrected chi connectivity index (χ4v) is 3.86. The van der Waals surface area contributed by atoms with Gasteiger partial charge in [-0.15, -0.1) is 0 Å². The van der Waals surface area contributed by atoms with E-state index in [1.807, 2.05) is 23.7 Å². The highest BCUT2D eigenvalue weighted by Crippen LogP contribution is 2.32. The Kier molecular flexibility index (Phi) is 5.27. The molecule has 2 aromatic heterocycles. The molecular formula is C20H20Cl2N4O2. The first kappa shape index (κ1) is 19.2. The van der Waals surface area contributed by atoms with E-state index in [0.29, 0.717) is 11.3 Å². The number of nitrogens with one attached hydrogen (secondary N) is 1. The molecule has 1 N–H and O–H groups in total. The van der Waals surface area contributed by atoms with Crippen LogP contribution in [0.5, 0.6) is 0 Å². The van der Waals surface area contributed by atoms with E-state index in [2.05, 4.69) is 15.4 Å². The lowest BCUT2D eigenvalue weighted by molar-refractivity contribution is -0.0366. The third-order valence-corrected chi connectivity index (χ3v) is 5.68. The van der Waals surface area contributed by atoms with Gasteiger partial charge in [-0.2, -0.15) is 5.10 Å². The minimum atomic E-state index is -0.338. The molecule has 1 aliphatic heterocycles. The second kappa shape index (κ2) is 7.70. The van der Waals surface area contributed by atoms with Gasteiger partial charge < -0.3 is 10.1 Å². The van der Waals surface area contributed by atoms with E-state index in [1.165, 1.54) is 0 Å². The first-order chi connectivity index (χ1) is 13.5. The number of aromatic nitrogens is 3. The maximum atomic E-state index is 12.9. The first-order valence-corrected chi connectivity index (χ1v) is 9.93. The van der Waals surface area contributed by atoms with Gasteiger partial charge in [0.2, 0.25) is 0 Å². The Bertz CT molecular complexity index is 1060. The van der Waals surface area contributed by atoms with Crippen LogP contribution in [-0.2, 0) is 4.74 Å². The van der Waals surface area contributed by atoms with Crippen LogP contribution in [0.25, 0.3) is 10.9 Å². The maximum Gasteiger partial charge on any atom is 0.258 e. The van der Waals surface area contributed by atoms with Gasteiger partial charge in [-0.3, -0.25) is 4.79 Å². The maximum absolute atomic E-state index is 12.9. The first-order valence-electron chi connectivity index (χ1n) is 9.18. The molecule has 146 valence electrons. The van der Waals surface area contributed by atoms with Crippen LogP contribution in [0.1, 0.15) is 47.0 Å². The summed E-state index contributed by atoms with van der Waals surface area (Å²) in [7, 11) is 0. The number of aryl methyl sites for hydroxylation is 2. The normalized spacial score (nSPS) is 17.1. The second-order valence-electron chi connectivity index (χ2n) is 6.99. The van der Waals surface area contributed by atoms with Gasteiger partial charge in [0.25, 0.3) is 5.91 Å². The van der Waals surface area contributed by atoms with E-state index in [4.69, 9.17) is 27.9 Å². The average Bonchev–Trinajstić information content (AvgIpc) is 3.12. The summed E-state index contributed by atoms with van der Waals surface area (Å²) in [5.41, 5.74) is 3.52. The van der Waals surface area contributed by atoms with E-state index in [9.17, 15) is 4.79 Å². The molecule has 1 aromatic carbocycles. The monoisotopic (exact) mass is 418 g/mol. The van der Waals surface area contributed by atoms with Crippen LogP contribution in [0.4, 0.5) is 5.69 Å². The number of hydrogen-bond donors (Lipinski definition) is 1. The highest BCUT2D eigenvalue weighted by Gasteiger charge is 2.21. The minimum absolute atomic E-state index is 0.0734. The van der Waals surface area contributed by atoms with Crippen LogP contribution in [0.3, 0.4) is 0 Å². The summed E-state index contributed by atoms with van der Waals surface area (Å²) in [5, 5.41) is 8.72. The van der Waals surface area contributed by atoms with Gasteiger partial charge in [0.1, 0.15) is 10.3 Å². The standard InChI is InChI=1S/C20H20Cl2N4O2/c1-11-6-7-15-14(10-23-26(15)16-5-3-4-8-28-16)17(11)24-20(27)13-9-12(2)18(21)25-19(13)22/h6-7,9-10,16H,3-5,8H2,1-2H3,(H,24,27). The number of amides is 1. The average molecular weight is 419 g/mol. The zero-order valence-electron chi connectivity index (χ0n) is 15.6. The molecule has 1 fully saturated rings. The molecule has 3 heterocycles. The number of hydrogen-bond acceptors (Lipinski definition) is 4. The largest absolute Gasteiger partial charge is 0.356 e. The summed E-state index contributed by atoms with van der Waals surface area (Å²) in [6, 6.07) is 5.61. The molecule has 3 aromatic rings. The van der Waals surface area contributed by atoms with E-state index < -0.39 is 0 Å². The Morgan fingerprint density at radius 3 is 2.79 bits per heavy atom. The van der Waals surface area contributed by atoms with Crippen LogP contribution in [0.15, 0.2) is 24.4 Å². The van der Waals surface area contributed by atoms with Crippen LogP contribution in [0, 0.1) is 13.8 Å². The van der Waals surface area contributed by atoms with Crippen LogP contribution in [-0.4, -0.2) is 27.3 Å². The van der Waals surface area contributed by atoms with Crippen molar-refractivity contribution in [2.45, 2.75) is 39.3 Å². The van der Waals surface area contributed by atoms with Crippen molar-refractivity contribution in [2.75, 3.05) is 11.9 Å². The molecule has 4 rings (SSSR count). The van der Waals surface area contributed by atoms with Crippen molar-refractivity contribution in [1.82, 2.24) is 14.8 Å². The Morgan fingerprint density at radius 1 is 1.21 bits per heavy atom. The molecule has 1 aliphatic rings. The van der Waals surface area contributed by atoms with E-state index in [1.54, 1.807) is 19.2 Å². The fraction of sp³-hybridized carbons (Fsp3) is 0.350. The topological polar surface area (TPSA) is 69.0 Å². The van der Waals surface area contributed by atoms with Crippen molar-refractivity contribution in [3.8, 4) is 0 Å². The SMILES string of the molecule is Cc1cc(C(=O)Nc2c(C)ccc3c2cnn3C2CCCCO2)c(Cl)nc1Cl. The lowest BCUT2D eigenvalue weighted by Crippen LogP contribution is -2.19. The lowest BCUT2D eigenvalue weighted by Gasteiger charge is -2.23. The molecule has 8 heteroatoms. The zero-order chi connectivity index (χ0) is 19.8. The van der Waals surface area contributed by atoms with E-state index in [-0.39, 0.29) is 28.0 Å². The Labute approximate surface area is 172 Å². The van der Waals surface area contributed by atoms with Gasteiger partial charge in [-0.05, 0) is 56.4 Å². The predicted octanol–water partition coefficient (Wildman–Crippen LogP) is 5.31. The Morgan fingerprint density at radius 2 is 2.04 bits per heavy atom. The quantitative estimate of drug-likeness (QED) is 0.585. The van der Waals surface area contributed by atoms with E-state index >= 15 is 0 Å². The number of rotatable bonds is 3. The predicted molar refractivity (Wildman–Crippen MR) is 110 cm³/mol. The molecule has 1 unspecified atom stereocenters. The fourth-order valence-electron chi connectivity index (χ4n) is 3.45. The summed E-state index contributed by atoms with van der Waals surface area (Å²) < 4.78 is 7.76. The summed E-state index contributed by atoms with van der Waals surface area (Å²) in [4.78, 5) is 16.9. The number of pyridine rings is 1. The van der Waals surface area contributed by atoms with Crippen LogP contribution in [0.2, 0.25) is 10.3 Å². The zero-order valence-corrected chi connectivity index (χ0v) is 17.1. The van der Waals surface area contributed by atoms with Gasteiger partial charge in [0.15, 0.2) is 6.23 Å². The third kappa shape index (κ3) is 3.48. The second-order valence-corrected chi connectivity index (χ2v) is 7.71. The molecule has 6 nitrogen and oxygen atoms in total. The Balaban J connectivity index is 1.70. The third-order valence-electron chi connectivity index (χ3n) is 5.01. The molecule has 1 atom stereocenters. The molecule has 0 aliphatic carbocycles. The van der Waals surface area contributed by atoms with Gasteiger partial charge >= 0.3 is 0 Å². The molecule has 28 heavy (non-hydrogen) atoms. The summed E-state index contributed by atoms with van der Waals surface area (Å²) in [5.74, 6) is -0.338. The number of benzene rings is 1. The number of halogens is 2. The summed E-state index contributed by atoms with van der Waals surface area (Å²) in [6.07, 6.45) is 4.81. The number of nitrogens with zero attached hydrogens (tertiary/aromatic N) is 3. The van der Waals surface area contributed by atoms with Gasteiger partial charge in [-0.1, -0.05) is 29.3 Å². The van der Waals surface area contributed by atoms with Crippen molar-refractivity contribution in [1.29, 1.82) is 0 Å². The number of ether oxygens (including phenoxy) is 1. The van der Waals surface area contributed by atoms with Gasteiger partial charge in [0, 0.05) is 12.0 Å². The Hall–Kier alpha value is -2.15. The molecular weight excluding hydrogens is 399 g/mol. The van der Waals surface area contributed by atoms with Gasteiger partial charge in [-0.25, -0.2) is 9.67 Å².